The summed E-state index contributed by atoms with van der Waals surface area (Å²) in [5.41, 5.74) is -2.18. The summed E-state index contributed by atoms with van der Waals surface area (Å²) in [6.07, 6.45) is -6.36. The van der Waals surface area contributed by atoms with E-state index in [4.69, 9.17) is 23.2 Å². The molecule has 5 rings (SSSR count). The third-order valence-electron chi connectivity index (χ3n) is 12.5. The van der Waals surface area contributed by atoms with Crippen LogP contribution < -0.4 is 16.0 Å². The van der Waals surface area contributed by atoms with Crippen molar-refractivity contribution in [2.45, 2.75) is 140 Å². The van der Waals surface area contributed by atoms with Crippen molar-refractivity contribution in [1.29, 1.82) is 0 Å². The monoisotopic (exact) mass is 917 g/mol. The maximum absolute atomic E-state index is 14.7. The molecule has 1 aliphatic carbocycles. The van der Waals surface area contributed by atoms with E-state index in [2.05, 4.69) is 16.0 Å². The van der Waals surface area contributed by atoms with Crippen LogP contribution in [0.25, 0.3) is 0 Å². The SMILES string of the molecule is CC[C@H](NC(=O)[C@@H]1C[C@@H](F)CN1C(=O)C1(C(F)(F)F)CC1)C(=O)N(C)[C@H]1CCCCNC(=O)[C@H]2CCCN2C(=O)[C@H](Cc2cc(Cl)ccc2Cl)N(C)C(=O)[C@H](CC(C)C)NC1=O. The molecule has 7 amide bonds. The number of carbonyl (C=O) groups is 7. The van der Waals surface area contributed by atoms with E-state index in [1.54, 1.807) is 25.1 Å². The van der Waals surface area contributed by atoms with Gasteiger partial charge in [-0.05, 0) is 87.5 Å². The zero-order valence-electron chi connectivity index (χ0n) is 35.7. The van der Waals surface area contributed by atoms with Crippen LogP contribution in [0.1, 0.15) is 90.5 Å². The average Bonchev–Trinajstić information content (AvgIpc) is 3.74. The fourth-order valence-electron chi connectivity index (χ4n) is 8.73. The molecular formula is C42H57Cl2F4N7O7. The van der Waals surface area contributed by atoms with Crippen molar-refractivity contribution in [2.24, 2.45) is 11.3 Å². The minimum atomic E-state index is -4.88. The van der Waals surface area contributed by atoms with Gasteiger partial charge >= 0.3 is 6.18 Å². The molecule has 14 nitrogen and oxygen atoms in total. The van der Waals surface area contributed by atoms with Crippen LogP contribution in [0.3, 0.4) is 0 Å². The Morgan fingerprint density at radius 1 is 1.02 bits per heavy atom. The minimum absolute atomic E-state index is 0.0367. The molecule has 20 heteroatoms. The van der Waals surface area contributed by atoms with Gasteiger partial charge in [0.05, 0.1) is 6.54 Å². The van der Waals surface area contributed by atoms with Crippen molar-refractivity contribution in [3.8, 4) is 0 Å². The number of rotatable bonds is 10. The van der Waals surface area contributed by atoms with E-state index < -0.39 is 115 Å². The third kappa shape index (κ3) is 10.8. The smallest absolute Gasteiger partial charge is 0.354 e. The highest BCUT2D eigenvalue weighted by Crippen LogP contribution is 2.59. The van der Waals surface area contributed by atoms with E-state index in [-0.39, 0.29) is 50.6 Å². The number of nitrogens with zero attached hydrogens (tertiary/aromatic N) is 4. The lowest BCUT2D eigenvalue weighted by Gasteiger charge is -2.36. The molecule has 4 fully saturated rings. The summed E-state index contributed by atoms with van der Waals surface area (Å²) >= 11 is 12.8. The summed E-state index contributed by atoms with van der Waals surface area (Å²) in [5.74, 6) is -5.43. The number of nitrogens with one attached hydrogen (secondary N) is 3. The van der Waals surface area contributed by atoms with Crippen molar-refractivity contribution < 1.29 is 51.1 Å². The quantitative estimate of drug-likeness (QED) is 0.296. The number of hydrogen-bond acceptors (Lipinski definition) is 7. The van der Waals surface area contributed by atoms with Crippen LogP contribution in [0.4, 0.5) is 17.6 Å². The molecule has 0 radical (unpaired) electrons. The lowest BCUT2D eigenvalue weighted by Crippen LogP contribution is -2.60. The first-order valence-electron chi connectivity index (χ1n) is 21.3. The molecule has 62 heavy (non-hydrogen) atoms. The first-order valence-corrected chi connectivity index (χ1v) is 22.0. The summed E-state index contributed by atoms with van der Waals surface area (Å²) in [7, 11) is 2.78. The maximum atomic E-state index is 14.7. The summed E-state index contributed by atoms with van der Waals surface area (Å²) in [4.78, 5) is 102. The fourth-order valence-corrected chi connectivity index (χ4v) is 9.12. The topological polar surface area (TPSA) is 169 Å². The van der Waals surface area contributed by atoms with Gasteiger partial charge in [0.2, 0.25) is 41.4 Å². The average molecular weight is 919 g/mol. The van der Waals surface area contributed by atoms with Crippen molar-refractivity contribution in [3.63, 3.8) is 0 Å². The third-order valence-corrected chi connectivity index (χ3v) is 13.1. The Morgan fingerprint density at radius 3 is 2.34 bits per heavy atom. The maximum Gasteiger partial charge on any atom is 0.403 e. The number of halogens is 6. The largest absolute Gasteiger partial charge is 0.403 e. The number of likely N-dealkylation sites (N-methyl/N-ethyl adjacent to an activating group) is 2. The van der Waals surface area contributed by atoms with Gasteiger partial charge < -0.3 is 35.6 Å². The number of carbonyl (C=O) groups excluding carboxylic acids is 7. The molecule has 3 aliphatic heterocycles. The van der Waals surface area contributed by atoms with Gasteiger partial charge in [0, 0.05) is 50.1 Å². The Morgan fingerprint density at radius 2 is 1.71 bits per heavy atom. The highest BCUT2D eigenvalue weighted by Gasteiger charge is 2.70. The van der Waals surface area contributed by atoms with Crippen LogP contribution in [-0.4, -0.2) is 143 Å². The van der Waals surface area contributed by atoms with Gasteiger partial charge in [-0.15, -0.1) is 0 Å². The van der Waals surface area contributed by atoms with Crippen LogP contribution in [0, 0.1) is 11.3 Å². The Hall–Kier alpha value is -4.19. The Bertz CT molecular complexity index is 1890. The molecule has 344 valence electrons. The molecule has 0 unspecified atom stereocenters. The Balaban J connectivity index is 1.41. The molecule has 7 atom stereocenters. The molecule has 0 spiro atoms. The molecule has 1 saturated carbocycles. The highest BCUT2D eigenvalue weighted by atomic mass is 35.5. The number of alkyl halides is 4. The van der Waals surface area contributed by atoms with E-state index in [1.165, 1.54) is 23.9 Å². The predicted octanol–water partition coefficient (Wildman–Crippen LogP) is 4.19. The lowest BCUT2D eigenvalue weighted by atomic mass is 9.98. The van der Waals surface area contributed by atoms with E-state index >= 15 is 0 Å². The van der Waals surface area contributed by atoms with Crippen molar-refractivity contribution in [1.82, 2.24) is 35.6 Å². The molecule has 0 aromatic heterocycles. The molecule has 3 saturated heterocycles. The predicted molar refractivity (Wildman–Crippen MR) is 221 cm³/mol. The van der Waals surface area contributed by atoms with Gasteiger partial charge in [-0.3, -0.25) is 33.6 Å². The van der Waals surface area contributed by atoms with Gasteiger partial charge in [0.25, 0.3) is 0 Å². The lowest BCUT2D eigenvalue weighted by molar-refractivity contribution is -0.199. The van der Waals surface area contributed by atoms with E-state index in [1.807, 2.05) is 13.8 Å². The van der Waals surface area contributed by atoms with Crippen molar-refractivity contribution >= 4 is 64.6 Å². The number of benzene rings is 1. The Labute approximate surface area is 369 Å². The summed E-state index contributed by atoms with van der Waals surface area (Å²) in [6, 6.07) is -2.51. The molecule has 4 aliphatic rings. The van der Waals surface area contributed by atoms with Gasteiger partial charge in [0.1, 0.15) is 47.8 Å². The zero-order valence-corrected chi connectivity index (χ0v) is 37.2. The minimum Gasteiger partial charge on any atom is -0.354 e. The first-order chi connectivity index (χ1) is 29.1. The normalized spacial score (nSPS) is 26.8. The standard InChI is InChI=1S/C42H57Cl2F4N7O7/c1-6-28(50-36(58)32-21-26(45)22-55(32)40(62)41(14-15-41)42(46,47)48)37(59)52(4)30-10-7-8-16-49-34(56)31-11-9-17-54(31)39(61)33(20-24-19-25(43)12-13-27(24)44)53(5)38(60)29(18-23(2)3)51-35(30)57/h12-13,19,23,26,28-33H,6-11,14-18,20-22H2,1-5H3,(H,49,56)(H,50,58)(H,51,57)/t26-,28+,29+,30+,31-,32+,33+/m1/s1. The van der Waals surface area contributed by atoms with Crippen LogP contribution in [0.15, 0.2) is 18.2 Å². The molecule has 1 aromatic carbocycles. The van der Waals surface area contributed by atoms with Crippen molar-refractivity contribution in [3.05, 3.63) is 33.8 Å². The number of hydrogen-bond donors (Lipinski definition) is 3. The van der Waals surface area contributed by atoms with E-state index in [9.17, 15) is 51.1 Å². The second-order valence-electron chi connectivity index (χ2n) is 17.4. The van der Waals surface area contributed by atoms with Crippen molar-refractivity contribution in [2.75, 3.05) is 33.7 Å². The van der Waals surface area contributed by atoms with Crippen LogP contribution in [-0.2, 0) is 40.0 Å². The number of amides is 7. The second kappa shape index (κ2) is 20.1. The van der Waals surface area contributed by atoms with Gasteiger partial charge in [-0.2, -0.15) is 13.2 Å². The van der Waals surface area contributed by atoms with Crippen LogP contribution >= 0.6 is 23.2 Å². The molecule has 3 heterocycles. The zero-order chi connectivity index (χ0) is 45.8. The molecule has 3 N–H and O–H groups in total. The van der Waals surface area contributed by atoms with Crippen LogP contribution in [0.5, 0.6) is 0 Å². The first kappa shape index (κ1) is 48.8. The summed E-state index contributed by atoms with van der Waals surface area (Å²) < 4.78 is 56.2. The molecule has 1 aromatic rings. The Kier molecular flexibility index (Phi) is 15.8. The van der Waals surface area contributed by atoms with Gasteiger partial charge in [-0.1, -0.05) is 44.0 Å². The van der Waals surface area contributed by atoms with E-state index in [0.717, 1.165) is 4.90 Å². The molecule has 0 bridgehead atoms. The highest BCUT2D eigenvalue weighted by molar-refractivity contribution is 6.33. The van der Waals surface area contributed by atoms with E-state index in [0.29, 0.717) is 46.2 Å². The van der Waals surface area contributed by atoms with Crippen LogP contribution in [0.2, 0.25) is 10.0 Å². The summed E-state index contributed by atoms with van der Waals surface area (Å²) in [6.45, 7) is 5.03. The molecular weight excluding hydrogens is 861 g/mol. The van der Waals surface area contributed by atoms with Gasteiger partial charge in [0.15, 0.2) is 0 Å². The number of fused-ring (bicyclic) bond motifs is 1. The second-order valence-corrected chi connectivity index (χ2v) is 18.2. The van der Waals surface area contributed by atoms with Gasteiger partial charge in [-0.25, -0.2) is 4.39 Å². The fraction of sp³-hybridized carbons (Fsp3) is 0.690. The number of likely N-dealkylation sites (tertiary alicyclic amines) is 1. The summed E-state index contributed by atoms with van der Waals surface area (Å²) in [5, 5.41) is 8.88.